The number of carboxylic acids is 1. The Labute approximate surface area is 105 Å². The van der Waals surface area contributed by atoms with Gasteiger partial charge in [-0.1, -0.05) is 0 Å². The van der Waals surface area contributed by atoms with E-state index in [2.05, 4.69) is 5.32 Å². The van der Waals surface area contributed by atoms with Crippen LogP contribution < -0.4 is 5.32 Å². The van der Waals surface area contributed by atoms with Gasteiger partial charge < -0.3 is 10.0 Å². The second-order valence-electron chi connectivity index (χ2n) is 4.96. The lowest BCUT2D eigenvalue weighted by atomic mass is 9.80. The number of carbonyl (C=O) groups is 2. The zero-order valence-corrected chi connectivity index (χ0v) is 10.8. The summed E-state index contributed by atoms with van der Waals surface area (Å²) in [6.07, 6.45) is 1.10. The van der Waals surface area contributed by atoms with Gasteiger partial charge >= 0.3 is 5.97 Å². The third-order valence-corrected chi connectivity index (χ3v) is 4.65. The number of aliphatic carboxylic acids is 1. The quantitative estimate of drug-likeness (QED) is 0.748. The lowest BCUT2D eigenvalue weighted by molar-refractivity contribution is -0.153. The van der Waals surface area contributed by atoms with Crippen LogP contribution in [0.15, 0.2) is 0 Å². The van der Waals surface area contributed by atoms with Gasteiger partial charge in [0.25, 0.3) is 0 Å². The Hall–Kier alpha value is -0.750. The molecule has 17 heavy (non-hydrogen) atoms. The van der Waals surface area contributed by atoms with E-state index in [1.54, 1.807) is 23.6 Å². The molecule has 2 aliphatic rings. The highest BCUT2D eigenvalue weighted by Gasteiger charge is 2.39. The number of nitrogens with one attached hydrogen (secondary N) is 1. The van der Waals surface area contributed by atoms with Gasteiger partial charge in [0.05, 0.1) is 11.5 Å². The van der Waals surface area contributed by atoms with E-state index in [4.69, 9.17) is 5.11 Å². The van der Waals surface area contributed by atoms with E-state index in [1.807, 2.05) is 0 Å². The number of hydrogen-bond donors (Lipinski definition) is 2. The van der Waals surface area contributed by atoms with E-state index in [0.717, 1.165) is 11.6 Å². The lowest BCUT2D eigenvalue weighted by Crippen LogP contribution is -2.50. The summed E-state index contributed by atoms with van der Waals surface area (Å²) in [4.78, 5) is 25.0. The molecule has 0 saturated carbocycles. The lowest BCUT2D eigenvalue weighted by Gasteiger charge is -2.37. The van der Waals surface area contributed by atoms with Gasteiger partial charge in [-0.2, -0.15) is 0 Å². The largest absolute Gasteiger partial charge is 0.481 e. The Kier molecular flexibility index (Phi) is 3.63. The van der Waals surface area contributed by atoms with Gasteiger partial charge in [0.15, 0.2) is 0 Å². The molecule has 2 rings (SSSR count). The summed E-state index contributed by atoms with van der Waals surface area (Å²) in [5, 5.41) is 12.3. The number of piperidine rings is 1. The molecular formula is C11H18N2O3S. The van der Waals surface area contributed by atoms with Gasteiger partial charge in [0.1, 0.15) is 0 Å². The molecule has 2 N–H and O–H groups in total. The van der Waals surface area contributed by atoms with Crippen LogP contribution in [0.2, 0.25) is 0 Å². The number of nitrogens with zero attached hydrogens (tertiary/aromatic N) is 1. The molecule has 0 aromatic carbocycles. The van der Waals surface area contributed by atoms with Gasteiger partial charge in [0.2, 0.25) is 5.91 Å². The van der Waals surface area contributed by atoms with Crippen molar-refractivity contribution in [1.82, 2.24) is 10.2 Å². The fourth-order valence-corrected chi connectivity index (χ4v) is 3.14. The highest BCUT2D eigenvalue weighted by molar-refractivity contribution is 7.99. The standard InChI is InChI=1S/C11H18N2O3S/c1-11(10(15)16)2-4-13(5-3-11)9(14)8-6-17-7-12-8/h8,12H,2-7H2,1H3,(H,15,16). The van der Waals surface area contributed by atoms with E-state index in [1.165, 1.54) is 0 Å². The minimum Gasteiger partial charge on any atom is -0.481 e. The van der Waals surface area contributed by atoms with Crippen LogP contribution in [0.1, 0.15) is 19.8 Å². The number of carboxylic acid groups (broad SMARTS) is 1. The summed E-state index contributed by atoms with van der Waals surface area (Å²) >= 11 is 1.73. The Bertz CT molecular complexity index is 321. The minimum absolute atomic E-state index is 0.0748. The molecule has 96 valence electrons. The third-order valence-electron chi connectivity index (χ3n) is 3.71. The Morgan fingerprint density at radius 1 is 1.41 bits per heavy atom. The smallest absolute Gasteiger partial charge is 0.309 e. The first-order chi connectivity index (χ1) is 8.03. The zero-order valence-electron chi connectivity index (χ0n) is 9.94. The predicted molar refractivity (Wildman–Crippen MR) is 65.8 cm³/mol. The highest BCUT2D eigenvalue weighted by Crippen LogP contribution is 2.31. The normalized spacial score (nSPS) is 28.1. The maximum Gasteiger partial charge on any atom is 0.309 e. The first-order valence-electron chi connectivity index (χ1n) is 5.86. The second kappa shape index (κ2) is 4.86. The molecule has 5 nitrogen and oxygen atoms in total. The zero-order chi connectivity index (χ0) is 12.5. The molecular weight excluding hydrogens is 240 g/mol. The molecule has 2 heterocycles. The van der Waals surface area contributed by atoms with Crippen LogP contribution in [0.5, 0.6) is 0 Å². The van der Waals surface area contributed by atoms with Crippen molar-refractivity contribution in [1.29, 1.82) is 0 Å². The molecule has 2 aliphatic heterocycles. The molecule has 1 unspecified atom stereocenters. The van der Waals surface area contributed by atoms with Gasteiger partial charge in [-0.3, -0.25) is 14.9 Å². The summed E-state index contributed by atoms with van der Waals surface area (Å²) < 4.78 is 0. The van der Waals surface area contributed by atoms with Gasteiger partial charge in [0, 0.05) is 24.7 Å². The fraction of sp³-hybridized carbons (Fsp3) is 0.818. The van der Waals surface area contributed by atoms with Crippen LogP contribution in [0, 0.1) is 5.41 Å². The number of carbonyl (C=O) groups excluding carboxylic acids is 1. The highest BCUT2D eigenvalue weighted by atomic mass is 32.2. The average molecular weight is 258 g/mol. The van der Waals surface area contributed by atoms with Crippen LogP contribution in [0.25, 0.3) is 0 Å². The maximum atomic E-state index is 12.1. The molecule has 1 amide bonds. The van der Waals surface area contributed by atoms with Gasteiger partial charge in [-0.15, -0.1) is 11.8 Å². The summed E-state index contributed by atoms with van der Waals surface area (Å²) in [6.45, 7) is 2.88. The number of hydrogen-bond acceptors (Lipinski definition) is 4. The molecule has 2 saturated heterocycles. The Morgan fingerprint density at radius 3 is 2.53 bits per heavy atom. The summed E-state index contributed by atoms with van der Waals surface area (Å²) in [7, 11) is 0. The van der Waals surface area contributed by atoms with Crippen LogP contribution in [0.4, 0.5) is 0 Å². The average Bonchev–Trinajstić information content (AvgIpc) is 2.82. The SMILES string of the molecule is CC1(C(=O)O)CCN(C(=O)C2CSCN2)CC1. The fourth-order valence-electron chi connectivity index (χ4n) is 2.21. The third kappa shape index (κ3) is 2.57. The topological polar surface area (TPSA) is 69.6 Å². The summed E-state index contributed by atoms with van der Waals surface area (Å²) in [5.74, 6) is 1.03. The summed E-state index contributed by atoms with van der Waals surface area (Å²) in [5.41, 5.74) is -0.658. The van der Waals surface area contributed by atoms with Crippen LogP contribution in [-0.4, -0.2) is 52.6 Å². The number of likely N-dealkylation sites (tertiary alicyclic amines) is 1. The molecule has 0 aliphatic carbocycles. The van der Waals surface area contributed by atoms with Gasteiger partial charge in [-0.25, -0.2) is 0 Å². The van der Waals surface area contributed by atoms with Crippen molar-refractivity contribution in [2.75, 3.05) is 24.7 Å². The number of thioether (sulfide) groups is 1. The molecule has 0 spiro atoms. The van der Waals surface area contributed by atoms with Crippen LogP contribution in [-0.2, 0) is 9.59 Å². The van der Waals surface area contributed by atoms with Crippen molar-refractivity contribution >= 4 is 23.6 Å². The molecule has 0 bridgehead atoms. The van der Waals surface area contributed by atoms with E-state index in [-0.39, 0.29) is 11.9 Å². The predicted octanol–water partition coefficient (Wildman–Crippen LogP) is 0.362. The van der Waals surface area contributed by atoms with Crippen molar-refractivity contribution in [3.8, 4) is 0 Å². The Morgan fingerprint density at radius 2 is 2.06 bits per heavy atom. The molecule has 0 aromatic heterocycles. The molecule has 6 heteroatoms. The van der Waals surface area contributed by atoms with E-state index >= 15 is 0 Å². The van der Waals surface area contributed by atoms with E-state index in [9.17, 15) is 9.59 Å². The first-order valence-corrected chi connectivity index (χ1v) is 7.02. The Balaban J connectivity index is 1.90. The van der Waals surface area contributed by atoms with E-state index in [0.29, 0.717) is 25.9 Å². The maximum absolute atomic E-state index is 12.1. The van der Waals surface area contributed by atoms with Crippen molar-refractivity contribution in [2.24, 2.45) is 5.41 Å². The van der Waals surface area contributed by atoms with Crippen LogP contribution >= 0.6 is 11.8 Å². The van der Waals surface area contributed by atoms with E-state index < -0.39 is 11.4 Å². The molecule has 0 radical (unpaired) electrons. The number of rotatable bonds is 2. The number of amides is 1. The second-order valence-corrected chi connectivity index (χ2v) is 5.99. The summed E-state index contributed by atoms with van der Waals surface area (Å²) in [6, 6.07) is -0.0748. The van der Waals surface area contributed by atoms with Crippen molar-refractivity contribution in [3.05, 3.63) is 0 Å². The van der Waals surface area contributed by atoms with Crippen LogP contribution in [0.3, 0.4) is 0 Å². The molecule has 0 aromatic rings. The van der Waals surface area contributed by atoms with Crippen molar-refractivity contribution < 1.29 is 14.7 Å². The monoisotopic (exact) mass is 258 g/mol. The van der Waals surface area contributed by atoms with Crippen molar-refractivity contribution in [3.63, 3.8) is 0 Å². The minimum atomic E-state index is -0.751. The molecule has 1 atom stereocenters. The first kappa shape index (κ1) is 12.7. The van der Waals surface area contributed by atoms with Gasteiger partial charge in [-0.05, 0) is 19.8 Å². The molecule has 2 fully saturated rings. The van der Waals surface area contributed by atoms with Crippen molar-refractivity contribution in [2.45, 2.75) is 25.8 Å².